The maximum absolute atomic E-state index is 13.7. The van der Waals surface area contributed by atoms with E-state index in [1.807, 2.05) is 0 Å². The molecule has 0 fully saturated rings. The number of carbonyl (C=O) groups is 1. The molecule has 0 saturated carbocycles. The van der Waals surface area contributed by atoms with E-state index in [0.717, 1.165) is 5.01 Å². The lowest BCUT2D eigenvalue weighted by atomic mass is 10.2. The molecule has 3 aromatic rings. The minimum Gasteiger partial charge on any atom is -0.295 e. The molecule has 3 rings (SSSR count). The molecular weight excluding hydrogens is 385 g/mol. The number of nitrogens with zero attached hydrogens (tertiary/aromatic N) is 4. The Morgan fingerprint density at radius 1 is 1.36 bits per heavy atom. The molecule has 1 amide bonds. The molecule has 2 heterocycles. The fourth-order valence-corrected chi connectivity index (χ4v) is 3.41. The van der Waals surface area contributed by atoms with Crippen molar-refractivity contribution >= 4 is 45.7 Å². The normalized spacial score (nSPS) is 10.7. The summed E-state index contributed by atoms with van der Waals surface area (Å²) in [7, 11) is 0. The zero-order chi connectivity index (χ0) is 17.8. The first-order valence-electron chi connectivity index (χ1n) is 7.03. The zero-order valence-electron chi connectivity index (χ0n) is 12.9. The van der Waals surface area contributed by atoms with Crippen molar-refractivity contribution in [2.45, 2.75) is 17.8 Å². The van der Waals surface area contributed by atoms with Crippen molar-refractivity contribution in [1.82, 2.24) is 20.2 Å². The lowest BCUT2D eigenvalue weighted by Crippen LogP contribution is -2.15. The van der Waals surface area contributed by atoms with Crippen molar-refractivity contribution in [3.05, 3.63) is 57.6 Å². The summed E-state index contributed by atoms with van der Waals surface area (Å²) in [6, 6.07) is 6.45. The van der Waals surface area contributed by atoms with Gasteiger partial charge in [-0.25, -0.2) is 14.4 Å². The monoisotopic (exact) mass is 395 g/mol. The summed E-state index contributed by atoms with van der Waals surface area (Å²) in [6.45, 7) is 1.78. The van der Waals surface area contributed by atoms with Crippen LogP contribution >= 0.6 is 34.7 Å². The maximum atomic E-state index is 13.7. The number of benzene rings is 1. The maximum Gasteiger partial charge on any atom is 0.277 e. The third kappa shape index (κ3) is 4.50. The van der Waals surface area contributed by atoms with Crippen LogP contribution in [0, 0.1) is 12.7 Å². The average Bonchev–Trinajstić information content (AvgIpc) is 3.00. The summed E-state index contributed by atoms with van der Waals surface area (Å²) < 4.78 is 13.7. The highest BCUT2D eigenvalue weighted by Crippen LogP contribution is 2.24. The van der Waals surface area contributed by atoms with Crippen LogP contribution in [0.5, 0.6) is 0 Å². The molecule has 0 radical (unpaired) electrons. The Balaban J connectivity index is 1.73. The Labute approximate surface area is 155 Å². The van der Waals surface area contributed by atoms with Gasteiger partial charge in [-0.1, -0.05) is 52.9 Å². The highest BCUT2D eigenvalue weighted by atomic mass is 35.5. The number of rotatable bonds is 5. The van der Waals surface area contributed by atoms with E-state index in [9.17, 15) is 9.18 Å². The van der Waals surface area contributed by atoms with E-state index in [4.69, 9.17) is 11.6 Å². The molecule has 0 atom stereocenters. The van der Waals surface area contributed by atoms with Gasteiger partial charge in [-0.15, -0.1) is 10.2 Å². The first-order chi connectivity index (χ1) is 12.0. The summed E-state index contributed by atoms with van der Waals surface area (Å²) in [5.74, 6) is -0.463. The molecule has 0 aliphatic rings. The molecule has 25 heavy (non-hydrogen) atoms. The van der Waals surface area contributed by atoms with Gasteiger partial charge in [0, 0.05) is 5.75 Å². The third-order valence-electron chi connectivity index (χ3n) is 3.00. The average molecular weight is 396 g/mol. The Bertz CT molecular complexity index is 920. The van der Waals surface area contributed by atoms with Crippen molar-refractivity contribution in [3.8, 4) is 0 Å². The number of aromatic nitrogens is 4. The molecule has 1 N–H and O–H groups in total. The van der Waals surface area contributed by atoms with E-state index in [2.05, 4.69) is 25.5 Å². The topological polar surface area (TPSA) is 80.7 Å². The second-order valence-electron chi connectivity index (χ2n) is 4.81. The molecule has 2 aromatic heterocycles. The van der Waals surface area contributed by atoms with Crippen LogP contribution in [0.1, 0.15) is 21.1 Å². The van der Waals surface area contributed by atoms with E-state index >= 15 is 0 Å². The second-order valence-corrected chi connectivity index (χ2v) is 7.34. The highest BCUT2D eigenvalue weighted by Gasteiger charge is 2.16. The van der Waals surface area contributed by atoms with Crippen LogP contribution in [0.3, 0.4) is 0 Å². The Hall–Kier alpha value is -2.10. The molecule has 10 heteroatoms. The van der Waals surface area contributed by atoms with Crippen molar-refractivity contribution in [3.63, 3.8) is 0 Å². The number of hydrogen-bond donors (Lipinski definition) is 1. The van der Waals surface area contributed by atoms with Crippen LogP contribution < -0.4 is 5.32 Å². The number of nitrogens with one attached hydrogen (secondary N) is 1. The molecule has 0 unspecified atom stereocenters. The highest BCUT2D eigenvalue weighted by molar-refractivity contribution is 7.98. The molecule has 1 aromatic carbocycles. The first kappa shape index (κ1) is 17.7. The Morgan fingerprint density at radius 3 is 2.88 bits per heavy atom. The number of thioether (sulfide) groups is 1. The van der Waals surface area contributed by atoms with Gasteiger partial charge in [0.25, 0.3) is 5.91 Å². The minimum absolute atomic E-state index is 0.0283. The predicted molar refractivity (Wildman–Crippen MR) is 95.6 cm³/mol. The Morgan fingerprint density at radius 2 is 2.16 bits per heavy atom. The quantitative estimate of drug-likeness (QED) is 0.520. The molecule has 0 aliphatic heterocycles. The molecule has 0 spiro atoms. The van der Waals surface area contributed by atoms with Crippen LogP contribution in [0.15, 0.2) is 35.6 Å². The van der Waals surface area contributed by atoms with Crippen LogP contribution in [0.4, 0.5) is 9.52 Å². The largest absolute Gasteiger partial charge is 0.295 e. The van der Waals surface area contributed by atoms with Gasteiger partial charge in [0.2, 0.25) is 5.13 Å². The lowest BCUT2D eigenvalue weighted by Gasteiger charge is -2.06. The smallest absolute Gasteiger partial charge is 0.277 e. The van der Waals surface area contributed by atoms with Crippen molar-refractivity contribution in [2.75, 3.05) is 5.32 Å². The van der Waals surface area contributed by atoms with E-state index < -0.39 is 5.91 Å². The van der Waals surface area contributed by atoms with Crippen LogP contribution in [0.2, 0.25) is 5.02 Å². The van der Waals surface area contributed by atoms with Gasteiger partial charge in [-0.3, -0.25) is 10.1 Å². The van der Waals surface area contributed by atoms with Gasteiger partial charge in [-0.05, 0) is 18.6 Å². The van der Waals surface area contributed by atoms with Crippen molar-refractivity contribution in [1.29, 1.82) is 0 Å². The van der Waals surface area contributed by atoms with Crippen LogP contribution in [-0.4, -0.2) is 26.1 Å². The van der Waals surface area contributed by atoms with E-state index in [0.29, 0.717) is 21.6 Å². The van der Waals surface area contributed by atoms with E-state index in [1.54, 1.807) is 25.1 Å². The summed E-state index contributed by atoms with van der Waals surface area (Å²) in [6.07, 6.45) is 1.35. The number of hydrogen-bond acceptors (Lipinski definition) is 7. The van der Waals surface area contributed by atoms with Crippen molar-refractivity contribution in [2.24, 2.45) is 0 Å². The summed E-state index contributed by atoms with van der Waals surface area (Å²) >= 11 is 8.47. The third-order valence-corrected chi connectivity index (χ3v) is 4.94. The fourth-order valence-electron chi connectivity index (χ4n) is 1.84. The number of aryl methyl sites for hydroxylation is 1. The molecule has 128 valence electrons. The number of amides is 1. The van der Waals surface area contributed by atoms with Crippen LogP contribution in [0.25, 0.3) is 0 Å². The minimum atomic E-state index is -0.503. The number of halogens is 2. The molecule has 0 aliphatic carbocycles. The van der Waals surface area contributed by atoms with Gasteiger partial charge in [0.1, 0.15) is 10.8 Å². The SMILES string of the molecule is Cc1nnc(NC(=O)c2nc(SCc3ccccc3F)ncc2Cl)s1. The second kappa shape index (κ2) is 7.85. The zero-order valence-corrected chi connectivity index (χ0v) is 15.3. The fraction of sp³-hybridized carbons (Fsp3) is 0.133. The van der Waals surface area contributed by atoms with E-state index in [1.165, 1.54) is 35.4 Å². The standard InChI is InChI=1S/C15H11ClFN5OS2/c1-8-21-22-15(25-8)20-13(23)12-10(16)6-18-14(19-12)24-7-9-4-2-3-5-11(9)17/h2-6H,7H2,1H3,(H,20,22,23). The van der Waals surface area contributed by atoms with E-state index in [-0.39, 0.29) is 16.5 Å². The summed E-state index contributed by atoms with van der Waals surface area (Å²) in [5, 5.41) is 11.8. The first-order valence-corrected chi connectivity index (χ1v) is 9.21. The van der Waals surface area contributed by atoms with Gasteiger partial charge >= 0.3 is 0 Å². The van der Waals surface area contributed by atoms with Crippen LogP contribution in [-0.2, 0) is 5.75 Å². The summed E-state index contributed by atoms with van der Waals surface area (Å²) in [5.41, 5.74) is 0.557. The molecule has 0 bridgehead atoms. The number of carbonyl (C=O) groups excluding carboxylic acids is 1. The van der Waals surface area contributed by atoms with Gasteiger partial charge in [-0.2, -0.15) is 0 Å². The number of anilines is 1. The molecule has 6 nitrogen and oxygen atoms in total. The van der Waals surface area contributed by atoms with Gasteiger partial charge < -0.3 is 0 Å². The van der Waals surface area contributed by atoms with Gasteiger partial charge in [0.15, 0.2) is 10.9 Å². The predicted octanol–water partition coefficient (Wildman–Crippen LogP) is 3.97. The molecular formula is C15H11ClFN5OS2. The van der Waals surface area contributed by atoms with Gasteiger partial charge in [0.05, 0.1) is 11.2 Å². The van der Waals surface area contributed by atoms with Crippen molar-refractivity contribution < 1.29 is 9.18 Å². The summed E-state index contributed by atoms with van der Waals surface area (Å²) in [4.78, 5) is 20.5. The lowest BCUT2D eigenvalue weighted by molar-refractivity contribution is 0.102. The Kier molecular flexibility index (Phi) is 5.57. The molecule has 0 saturated heterocycles.